The quantitative estimate of drug-likeness (QED) is 0.191. The third-order valence-corrected chi connectivity index (χ3v) is 6.05. The maximum absolute atomic E-state index is 15.0. The Morgan fingerprint density at radius 1 is 0.639 bits per heavy atom. The monoisotopic (exact) mass is 502 g/mol. The highest BCUT2D eigenvalue weighted by atomic mass is 19.3. The minimum atomic E-state index is -4.78. The van der Waals surface area contributed by atoms with Crippen molar-refractivity contribution in [2.24, 2.45) is 0 Å². The molecular formula is C30H28F6. The van der Waals surface area contributed by atoms with Gasteiger partial charge < -0.3 is 0 Å². The summed E-state index contributed by atoms with van der Waals surface area (Å²) in [4.78, 5) is 0. The Kier molecular flexibility index (Phi) is 8.83. The van der Waals surface area contributed by atoms with E-state index >= 15 is 0 Å². The minimum absolute atomic E-state index is 0.397. The van der Waals surface area contributed by atoms with Gasteiger partial charge in [0.1, 0.15) is 11.6 Å². The van der Waals surface area contributed by atoms with Gasteiger partial charge in [0.15, 0.2) is 0 Å². The molecule has 0 radical (unpaired) electrons. The van der Waals surface area contributed by atoms with Crippen molar-refractivity contribution in [3.63, 3.8) is 0 Å². The van der Waals surface area contributed by atoms with Crippen LogP contribution in [-0.2, 0) is 24.7 Å². The second-order valence-corrected chi connectivity index (χ2v) is 8.56. The smallest absolute Gasteiger partial charge is 0.207 e. The lowest BCUT2D eigenvalue weighted by atomic mass is 9.93. The zero-order chi connectivity index (χ0) is 26.3. The van der Waals surface area contributed by atoms with E-state index in [2.05, 4.69) is 0 Å². The number of aryl methyl sites for hydroxylation is 2. The summed E-state index contributed by atoms with van der Waals surface area (Å²) in [6, 6.07) is 11.6. The Bertz CT molecular complexity index is 1220. The summed E-state index contributed by atoms with van der Waals surface area (Å²) in [5.74, 6) is -11.2. The van der Waals surface area contributed by atoms with Gasteiger partial charge in [0.25, 0.3) is 0 Å². The molecular weight excluding hydrogens is 474 g/mol. The van der Waals surface area contributed by atoms with Gasteiger partial charge in [0, 0.05) is 5.56 Å². The number of hydrogen-bond acceptors (Lipinski definition) is 0. The van der Waals surface area contributed by atoms with E-state index in [0.717, 1.165) is 24.3 Å². The van der Waals surface area contributed by atoms with Crippen LogP contribution in [0.5, 0.6) is 0 Å². The molecule has 36 heavy (non-hydrogen) atoms. The van der Waals surface area contributed by atoms with Crippen LogP contribution in [0.1, 0.15) is 48.9 Å². The minimum Gasteiger partial charge on any atom is -0.207 e. The molecule has 0 saturated carbocycles. The van der Waals surface area contributed by atoms with Crippen molar-refractivity contribution in [2.45, 2.75) is 51.4 Å². The highest BCUT2D eigenvalue weighted by Crippen LogP contribution is 2.50. The molecule has 0 aliphatic carbocycles. The molecule has 3 rings (SSSR count). The third-order valence-electron chi connectivity index (χ3n) is 6.05. The average molecular weight is 503 g/mol. The number of alkyl halides is 4. The van der Waals surface area contributed by atoms with Crippen molar-refractivity contribution >= 4 is 0 Å². The molecule has 0 bridgehead atoms. The van der Waals surface area contributed by atoms with Gasteiger partial charge in [0.05, 0.1) is 5.56 Å². The molecule has 3 aromatic carbocycles. The van der Waals surface area contributed by atoms with E-state index in [1.165, 1.54) is 24.3 Å². The van der Waals surface area contributed by atoms with E-state index in [9.17, 15) is 26.3 Å². The van der Waals surface area contributed by atoms with E-state index in [1.807, 2.05) is 38.2 Å². The third kappa shape index (κ3) is 5.92. The molecule has 3 aromatic rings. The lowest BCUT2D eigenvalue weighted by Gasteiger charge is -2.28. The summed E-state index contributed by atoms with van der Waals surface area (Å²) >= 11 is 0. The van der Waals surface area contributed by atoms with Gasteiger partial charge >= 0.3 is 11.8 Å². The predicted molar refractivity (Wildman–Crippen MR) is 132 cm³/mol. The van der Waals surface area contributed by atoms with Crippen molar-refractivity contribution in [1.29, 1.82) is 0 Å². The van der Waals surface area contributed by atoms with E-state index in [-0.39, 0.29) is 0 Å². The maximum Gasteiger partial charge on any atom is 0.342 e. The molecule has 0 amide bonds. The fourth-order valence-electron chi connectivity index (χ4n) is 3.94. The molecule has 0 aromatic heterocycles. The van der Waals surface area contributed by atoms with Crippen LogP contribution < -0.4 is 0 Å². The number of rotatable bonds is 10. The summed E-state index contributed by atoms with van der Waals surface area (Å²) < 4.78 is 88.7. The van der Waals surface area contributed by atoms with E-state index < -0.39 is 34.6 Å². The Labute approximate surface area is 208 Å². The summed E-state index contributed by atoms with van der Waals surface area (Å²) in [7, 11) is 0. The molecule has 0 nitrogen and oxygen atoms in total. The zero-order valence-corrected chi connectivity index (χ0v) is 20.2. The summed E-state index contributed by atoms with van der Waals surface area (Å²) in [6.45, 7) is 3.70. The van der Waals surface area contributed by atoms with Crippen molar-refractivity contribution in [3.05, 3.63) is 119 Å². The lowest BCUT2D eigenvalue weighted by Crippen LogP contribution is -2.36. The van der Waals surface area contributed by atoms with Gasteiger partial charge in [-0.3, -0.25) is 0 Å². The number of benzene rings is 3. The van der Waals surface area contributed by atoms with Crippen LogP contribution in [0.15, 0.2) is 85.0 Å². The van der Waals surface area contributed by atoms with Crippen LogP contribution in [-0.4, -0.2) is 0 Å². The first-order chi connectivity index (χ1) is 17.1. The topological polar surface area (TPSA) is 0 Å². The van der Waals surface area contributed by atoms with Gasteiger partial charge in [-0.05, 0) is 80.0 Å². The molecule has 6 heteroatoms. The van der Waals surface area contributed by atoms with Gasteiger partial charge in [-0.15, -0.1) is 0 Å². The van der Waals surface area contributed by atoms with Gasteiger partial charge in [-0.1, -0.05) is 66.8 Å². The molecule has 0 atom stereocenters. The van der Waals surface area contributed by atoms with Gasteiger partial charge in [-0.2, -0.15) is 17.6 Å². The predicted octanol–water partition coefficient (Wildman–Crippen LogP) is 9.53. The molecule has 0 saturated heterocycles. The summed E-state index contributed by atoms with van der Waals surface area (Å²) in [5, 5.41) is 0. The average Bonchev–Trinajstić information content (AvgIpc) is 2.85. The summed E-state index contributed by atoms with van der Waals surface area (Å²) in [5.41, 5.74) is -0.525. The first-order valence-electron chi connectivity index (χ1n) is 11.8. The Morgan fingerprint density at radius 3 is 1.83 bits per heavy atom. The molecule has 0 N–H and O–H groups in total. The largest absolute Gasteiger partial charge is 0.342 e. The molecule has 0 spiro atoms. The molecule has 0 aliphatic rings. The highest BCUT2D eigenvalue weighted by Gasteiger charge is 2.59. The molecule has 0 heterocycles. The normalized spacial score (nSPS) is 12.7. The van der Waals surface area contributed by atoms with Crippen LogP contribution in [0.3, 0.4) is 0 Å². The van der Waals surface area contributed by atoms with E-state index in [4.69, 9.17) is 0 Å². The second kappa shape index (κ2) is 11.6. The first kappa shape index (κ1) is 27.3. The van der Waals surface area contributed by atoms with E-state index in [0.29, 0.717) is 47.9 Å². The SMILES string of the molecule is C/C=C/CCc1ccc(C(F)(F)C(F)(F)c2ccc(-c3ccc(CC/C=C/C)c(F)c3)cc2)c(F)c1. The maximum atomic E-state index is 15.0. The number of hydrogen-bond donors (Lipinski definition) is 0. The molecule has 0 fully saturated rings. The van der Waals surface area contributed by atoms with Gasteiger partial charge in [-0.25, -0.2) is 8.78 Å². The van der Waals surface area contributed by atoms with Crippen LogP contribution in [0, 0.1) is 11.6 Å². The zero-order valence-electron chi connectivity index (χ0n) is 20.2. The van der Waals surface area contributed by atoms with Crippen molar-refractivity contribution < 1.29 is 26.3 Å². The standard InChI is InChI=1S/C30H28F6/c1-3-5-7-9-21-11-18-26(28(32)19-21)30(35,36)29(33,34)25-16-14-22(15-17-25)24-13-12-23(27(31)20-24)10-8-6-4-2/h3-6,11-20H,7-10H2,1-2H3/b5-3+,6-4+. The van der Waals surface area contributed by atoms with Gasteiger partial charge in [0.2, 0.25) is 0 Å². The molecule has 0 aliphatic heterocycles. The number of allylic oxidation sites excluding steroid dienone is 4. The summed E-state index contributed by atoms with van der Waals surface area (Å²) in [6.07, 6.45) is 9.64. The molecule has 190 valence electrons. The second-order valence-electron chi connectivity index (χ2n) is 8.56. The number of halogens is 6. The Hall–Kier alpha value is -3.28. The molecule has 0 unspecified atom stereocenters. The van der Waals surface area contributed by atoms with Crippen molar-refractivity contribution in [3.8, 4) is 11.1 Å². The van der Waals surface area contributed by atoms with E-state index in [1.54, 1.807) is 12.1 Å². The Morgan fingerprint density at radius 2 is 1.25 bits per heavy atom. The fraction of sp³-hybridized carbons (Fsp3) is 0.267. The van der Waals surface area contributed by atoms with Crippen LogP contribution in [0.25, 0.3) is 11.1 Å². The fourth-order valence-corrected chi connectivity index (χ4v) is 3.94. The van der Waals surface area contributed by atoms with Crippen LogP contribution >= 0.6 is 0 Å². The van der Waals surface area contributed by atoms with Crippen LogP contribution in [0.2, 0.25) is 0 Å². The van der Waals surface area contributed by atoms with Crippen LogP contribution in [0.4, 0.5) is 26.3 Å². The Balaban J connectivity index is 1.83. The first-order valence-corrected chi connectivity index (χ1v) is 11.8. The van der Waals surface area contributed by atoms with Crippen molar-refractivity contribution in [1.82, 2.24) is 0 Å². The highest BCUT2D eigenvalue weighted by molar-refractivity contribution is 5.64. The lowest BCUT2D eigenvalue weighted by molar-refractivity contribution is -0.225. The van der Waals surface area contributed by atoms with Crippen molar-refractivity contribution in [2.75, 3.05) is 0 Å².